The molecule has 2 amide bonds. The number of carboxylic acid groups (broad SMARTS) is 2. The van der Waals surface area contributed by atoms with E-state index in [0.29, 0.717) is 6.42 Å². The Balaban J connectivity index is 4.10. The number of nitrogens with one attached hydrogen (secondary N) is 2. The van der Waals surface area contributed by atoms with Crippen LogP contribution in [0.1, 0.15) is 19.8 Å². The van der Waals surface area contributed by atoms with Crippen molar-refractivity contribution in [2.45, 2.75) is 31.1 Å². The van der Waals surface area contributed by atoms with E-state index in [1.807, 2.05) is 5.32 Å². The van der Waals surface area contributed by atoms with Crippen molar-refractivity contribution >= 4 is 28.8 Å². The van der Waals surface area contributed by atoms with Crippen molar-refractivity contribution < 1.29 is 28.8 Å². The third-order valence-corrected chi connectivity index (χ3v) is 3.75. The number of hydrogen-bond acceptors (Lipinski definition) is 4. The van der Waals surface area contributed by atoms with E-state index in [4.69, 9.17) is 10.2 Å². The predicted molar refractivity (Wildman–Crippen MR) is 68.4 cm³/mol. The van der Waals surface area contributed by atoms with Crippen LogP contribution in [0, 0.1) is 0 Å². The zero-order chi connectivity index (χ0) is 15.0. The highest BCUT2D eigenvalue weighted by molar-refractivity contribution is 7.84. The molecule has 0 saturated heterocycles. The van der Waals surface area contributed by atoms with Gasteiger partial charge < -0.3 is 20.8 Å². The number of urea groups is 1. The quantitative estimate of drug-likeness (QED) is 0.471. The van der Waals surface area contributed by atoms with Gasteiger partial charge in [-0.2, -0.15) is 0 Å². The third kappa shape index (κ3) is 8.14. The van der Waals surface area contributed by atoms with Gasteiger partial charge in [-0.25, -0.2) is 9.59 Å². The van der Waals surface area contributed by atoms with Crippen LogP contribution in [-0.4, -0.2) is 56.5 Å². The van der Waals surface area contributed by atoms with Crippen molar-refractivity contribution in [2.75, 3.05) is 12.8 Å². The maximum Gasteiger partial charge on any atom is 0.326 e. The molecule has 0 aliphatic heterocycles. The maximum absolute atomic E-state index is 11.3. The lowest BCUT2D eigenvalue weighted by atomic mass is 10.2. The number of hydrogen-bond donors (Lipinski definition) is 4. The summed E-state index contributed by atoms with van der Waals surface area (Å²) in [5.74, 6) is -2.73. The highest BCUT2D eigenvalue weighted by atomic mass is 32.2. The molecule has 0 heterocycles. The van der Waals surface area contributed by atoms with Crippen molar-refractivity contribution in [1.82, 2.24) is 10.6 Å². The van der Waals surface area contributed by atoms with Crippen LogP contribution in [-0.2, 0) is 20.4 Å². The van der Waals surface area contributed by atoms with Crippen LogP contribution in [0.25, 0.3) is 0 Å². The summed E-state index contributed by atoms with van der Waals surface area (Å²) >= 11 is 0. The molecular formula is C10H18N2O6S. The lowest BCUT2D eigenvalue weighted by Crippen LogP contribution is -2.47. The Morgan fingerprint density at radius 2 is 1.84 bits per heavy atom. The average Bonchev–Trinajstić information content (AvgIpc) is 2.26. The van der Waals surface area contributed by atoms with Gasteiger partial charge in [0.1, 0.15) is 6.04 Å². The first-order chi connectivity index (χ1) is 8.73. The highest BCUT2D eigenvalue weighted by Gasteiger charge is 2.22. The smallest absolute Gasteiger partial charge is 0.326 e. The Bertz CT molecular complexity index is 373. The molecule has 0 rings (SSSR count). The molecule has 0 aromatic carbocycles. The van der Waals surface area contributed by atoms with Gasteiger partial charge in [-0.1, -0.05) is 6.92 Å². The number of carbonyl (C=O) groups excluding carboxylic acids is 1. The van der Waals surface area contributed by atoms with Gasteiger partial charge in [0.25, 0.3) is 0 Å². The lowest BCUT2D eigenvalue weighted by Gasteiger charge is -2.14. The van der Waals surface area contributed by atoms with Gasteiger partial charge in [0.05, 0.1) is 6.42 Å². The molecule has 3 atom stereocenters. The number of carbonyl (C=O) groups is 3. The van der Waals surface area contributed by atoms with Crippen LogP contribution >= 0.6 is 0 Å². The Kier molecular flexibility index (Phi) is 7.73. The summed E-state index contributed by atoms with van der Waals surface area (Å²) in [6.07, 6.45) is 1.34. The fourth-order valence-electron chi connectivity index (χ4n) is 1.14. The second-order valence-electron chi connectivity index (χ2n) is 3.99. The molecule has 2 unspecified atom stereocenters. The second kappa shape index (κ2) is 8.46. The first kappa shape index (κ1) is 17.4. The SMILES string of the molecule is CC(CCNC(=O)N[C@H](CC(=O)O)C(=O)O)S(C)=O. The highest BCUT2D eigenvalue weighted by Crippen LogP contribution is 1.97. The molecule has 9 heteroatoms. The first-order valence-corrected chi connectivity index (χ1v) is 7.17. The van der Waals surface area contributed by atoms with Crippen LogP contribution in [0.5, 0.6) is 0 Å². The van der Waals surface area contributed by atoms with Gasteiger partial charge in [0.15, 0.2) is 0 Å². The minimum Gasteiger partial charge on any atom is -0.481 e. The fourth-order valence-corrected chi connectivity index (χ4v) is 1.59. The van der Waals surface area contributed by atoms with Crippen molar-refractivity contribution in [3.05, 3.63) is 0 Å². The Hall–Kier alpha value is -1.64. The zero-order valence-corrected chi connectivity index (χ0v) is 11.5. The van der Waals surface area contributed by atoms with E-state index in [1.165, 1.54) is 0 Å². The van der Waals surface area contributed by atoms with Crippen molar-refractivity contribution in [2.24, 2.45) is 0 Å². The number of rotatable bonds is 8. The summed E-state index contributed by atoms with van der Waals surface area (Å²) < 4.78 is 11.0. The van der Waals surface area contributed by atoms with E-state index in [0.717, 1.165) is 0 Å². The van der Waals surface area contributed by atoms with Crippen LogP contribution in [0.2, 0.25) is 0 Å². The number of carboxylic acids is 2. The van der Waals surface area contributed by atoms with Crippen LogP contribution < -0.4 is 10.6 Å². The van der Waals surface area contributed by atoms with Crippen LogP contribution in [0.4, 0.5) is 4.79 Å². The van der Waals surface area contributed by atoms with Crippen LogP contribution in [0.3, 0.4) is 0 Å². The van der Waals surface area contributed by atoms with Gasteiger partial charge in [-0.05, 0) is 6.42 Å². The lowest BCUT2D eigenvalue weighted by molar-refractivity contribution is -0.145. The molecule has 0 aliphatic carbocycles. The molecular weight excluding hydrogens is 276 g/mol. The van der Waals surface area contributed by atoms with E-state index in [-0.39, 0.29) is 11.8 Å². The molecule has 0 aromatic rings. The molecule has 0 radical (unpaired) electrons. The van der Waals surface area contributed by atoms with E-state index < -0.39 is 41.2 Å². The van der Waals surface area contributed by atoms with Crippen LogP contribution in [0.15, 0.2) is 0 Å². The molecule has 8 nitrogen and oxygen atoms in total. The monoisotopic (exact) mass is 294 g/mol. The van der Waals surface area contributed by atoms with Gasteiger partial charge in [0.2, 0.25) is 0 Å². The van der Waals surface area contributed by atoms with Crippen molar-refractivity contribution in [3.63, 3.8) is 0 Å². The molecule has 110 valence electrons. The van der Waals surface area contributed by atoms with E-state index >= 15 is 0 Å². The fraction of sp³-hybridized carbons (Fsp3) is 0.700. The molecule has 19 heavy (non-hydrogen) atoms. The predicted octanol–water partition coefficient (Wildman–Crippen LogP) is -0.629. The third-order valence-electron chi connectivity index (χ3n) is 2.39. The summed E-state index contributed by atoms with van der Waals surface area (Å²) in [6.45, 7) is 1.99. The van der Waals surface area contributed by atoms with Gasteiger partial charge in [-0.3, -0.25) is 9.00 Å². The average molecular weight is 294 g/mol. The summed E-state index contributed by atoms with van der Waals surface area (Å²) in [5.41, 5.74) is 0. The van der Waals surface area contributed by atoms with Crippen molar-refractivity contribution in [1.29, 1.82) is 0 Å². The second-order valence-corrected chi connectivity index (χ2v) is 5.79. The van der Waals surface area contributed by atoms with E-state index in [1.54, 1.807) is 13.2 Å². The number of amides is 2. The summed E-state index contributed by atoms with van der Waals surface area (Å²) in [7, 11) is -0.994. The normalized spacial score (nSPS) is 15.1. The molecule has 0 fully saturated rings. The summed E-state index contributed by atoms with van der Waals surface area (Å²) in [5, 5.41) is 21.5. The minimum absolute atomic E-state index is 0.0883. The van der Waals surface area contributed by atoms with Gasteiger partial charge in [0, 0.05) is 28.9 Å². The minimum atomic E-state index is -1.48. The zero-order valence-electron chi connectivity index (χ0n) is 10.7. The van der Waals surface area contributed by atoms with E-state index in [9.17, 15) is 18.6 Å². The Morgan fingerprint density at radius 3 is 2.26 bits per heavy atom. The topological polar surface area (TPSA) is 133 Å². The van der Waals surface area contributed by atoms with Crippen molar-refractivity contribution in [3.8, 4) is 0 Å². The molecule has 4 N–H and O–H groups in total. The molecule has 0 aromatic heterocycles. The van der Waals surface area contributed by atoms with E-state index in [2.05, 4.69) is 5.32 Å². The Morgan fingerprint density at radius 1 is 1.26 bits per heavy atom. The largest absolute Gasteiger partial charge is 0.481 e. The molecule has 0 aliphatic rings. The van der Waals surface area contributed by atoms with Gasteiger partial charge in [-0.15, -0.1) is 0 Å². The maximum atomic E-state index is 11.3. The van der Waals surface area contributed by atoms with Gasteiger partial charge >= 0.3 is 18.0 Å². The molecule has 0 spiro atoms. The number of aliphatic carboxylic acids is 2. The first-order valence-electron chi connectivity index (χ1n) is 5.55. The summed E-state index contributed by atoms with van der Waals surface area (Å²) in [4.78, 5) is 32.4. The summed E-state index contributed by atoms with van der Waals surface area (Å²) in [6, 6.07) is -2.24. The molecule has 0 saturated carbocycles. The standard InChI is InChI=1S/C10H18N2O6S/c1-6(19(2)18)3-4-11-10(17)12-7(9(15)16)5-8(13)14/h6-7H,3-5H2,1-2H3,(H,13,14)(H,15,16)(H2,11,12,17)/t6?,7-,19?/m1/s1. The Labute approximate surface area is 113 Å². The molecule has 0 bridgehead atoms.